The minimum atomic E-state index is -0.985. The van der Waals surface area contributed by atoms with Gasteiger partial charge in [-0.2, -0.15) is 0 Å². The monoisotopic (exact) mass is 391 g/mol. The van der Waals surface area contributed by atoms with E-state index < -0.39 is 23.8 Å². The van der Waals surface area contributed by atoms with E-state index in [0.29, 0.717) is 11.4 Å². The Morgan fingerprint density at radius 1 is 1.41 bits per heavy atom. The van der Waals surface area contributed by atoms with Crippen molar-refractivity contribution in [1.82, 2.24) is 30.8 Å². The molecule has 0 saturated carbocycles. The number of rotatable bonds is 4. The van der Waals surface area contributed by atoms with Gasteiger partial charge in [-0.3, -0.25) is 9.59 Å². The first-order chi connectivity index (χ1) is 12.8. The van der Waals surface area contributed by atoms with E-state index in [2.05, 4.69) is 25.9 Å². The van der Waals surface area contributed by atoms with E-state index >= 15 is 0 Å². The van der Waals surface area contributed by atoms with Crippen LogP contribution in [0.1, 0.15) is 37.3 Å². The summed E-state index contributed by atoms with van der Waals surface area (Å²) in [5.74, 6) is -0.591. The highest BCUT2D eigenvalue weighted by Gasteiger charge is 2.63. The Kier molecular flexibility index (Phi) is 4.15. The molecule has 3 heterocycles. The van der Waals surface area contributed by atoms with Gasteiger partial charge in [-0.25, -0.2) is 9.49 Å². The van der Waals surface area contributed by atoms with Crippen LogP contribution in [-0.2, 0) is 9.59 Å². The molecule has 0 radical (unpaired) electrons. The summed E-state index contributed by atoms with van der Waals surface area (Å²) in [7, 11) is 0. The highest BCUT2D eigenvalue weighted by Crippen LogP contribution is 2.56. The van der Waals surface area contributed by atoms with Crippen molar-refractivity contribution in [2.45, 2.75) is 42.1 Å². The van der Waals surface area contributed by atoms with Gasteiger partial charge in [0.2, 0.25) is 11.8 Å². The maximum Gasteiger partial charge on any atom is 0.249 e. The van der Waals surface area contributed by atoms with Crippen molar-refractivity contribution in [3.63, 3.8) is 0 Å². The molecule has 4 N–H and O–H groups in total. The number of hydrogen-bond acceptors (Lipinski definition) is 7. The molecule has 1 aromatic carbocycles. The number of H-pyrrole nitrogens is 1. The number of amides is 2. The van der Waals surface area contributed by atoms with Crippen molar-refractivity contribution in [2.75, 3.05) is 0 Å². The third-order valence-electron chi connectivity index (χ3n) is 4.87. The molecule has 2 amide bonds. The van der Waals surface area contributed by atoms with Crippen molar-refractivity contribution < 1.29 is 14.0 Å². The normalized spacial score (nSPS) is 27.0. The first-order valence-corrected chi connectivity index (χ1v) is 9.22. The molecule has 2 aliphatic rings. The third kappa shape index (κ3) is 2.86. The summed E-state index contributed by atoms with van der Waals surface area (Å²) in [6, 6.07) is 3.42. The fourth-order valence-corrected chi connectivity index (χ4v) is 5.17. The highest BCUT2D eigenvalue weighted by molar-refractivity contribution is 8.01. The molecule has 142 valence electrons. The number of halogens is 1. The molecule has 2 aromatic rings. The number of carbonyl (C=O) groups is 2. The van der Waals surface area contributed by atoms with Crippen molar-refractivity contribution in [3.05, 3.63) is 41.5 Å². The summed E-state index contributed by atoms with van der Waals surface area (Å²) in [6.45, 7) is 4.00. The first-order valence-electron chi connectivity index (χ1n) is 8.34. The number of carbonyl (C=O) groups excluding carboxylic acids is 2. The Balaban J connectivity index is 1.48. The Morgan fingerprint density at radius 2 is 2.11 bits per heavy atom. The number of tetrazole rings is 1. The second kappa shape index (κ2) is 6.27. The van der Waals surface area contributed by atoms with Gasteiger partial charge in [0.05, 0.1) is 0 Å². The van der Waals surface area contributed by atoms with Crippen LogP contribution in [0.4, 0.5) is 4.39 Å². The molecule has 11 heteroatoms. The summed E-state index contributed by atoms with van der Waals surface area (Å²) in [5, 5.41) is 16.3. The Hall–Kier alpha value is -2.53. The van der Waals surface area contributed by atoms with E-state index in [-0.39, 0.29) is 22.1 Å². The van der Waals surface area contributed by atoms with Gasteiger partial charge in [-0.15, -0.1) is 16.9 Å². The first kappa shape index (κ1) is 17.9. The second-order valence-electron chi connectivity index (χ2n) is 7.06. The zero-order chi connectivity index (χ0) is 19.3. The van der Waals surface area contributed by atoms with Gasteiger partial charge >= 0.3 is 0 Å². The second-order valence-corrected chi connectivity index (χ2v) is 8.83. The lowest BCUT2D eigenvalue weighted by atomic mass is 9.95. The molecule has 0 spiro atoms. The maximum atomic E-state index is 13.0. The minimum Gasteiger partial charge on any atom is -0.340 e. The fraction of sp³-hybridized carbons (Fsp3) is 0.438. The predicted molar refractivity (Wildman–Crippen MR) is 94.5 cm³/mol. The summed E-state index contributed by atoms with van der Waals surface area (Å²) in [6.07, 6.45) is 0. The number of aromatic amines is 1. The van der Waals surface area contributed by atoms with Gasteiger partial charge in [-0.05, 0) is 42.0 Å². The number of β-lactam (4-membered cyclic amide) rings is 1. The smallest absolute Gasteiger partial charge is 0.249 e. The molecule has 3 unspecified atom stereocenters. The SMILES string of the molecule is CC1(C)S[C@H]2C(NC(=O)C(N)c3ccc(F)cc3)C(=O)N2C1c1nnn[nH]1. The summed E-state index contributed by atoms with van der Waals surface area (Å²) < 4.78 is 12.7. The molecule has 0 bridgehead atoms. The van der Waals surface area contributed by atoms with Gasteiger partial charge in [0.15, 0.2) is 5.82 Å². The van der Waals surface area contributed by atoms with Crippen molar-refractivity contribution in [3.8, 4) is 0 Å². The van der Waals surface area contributed by atoms with Crippen LogP contribution in [0, 0.1) is 5.82 Å². The van der Waals surface area contributed by atoms with Crippen LogP contribution in [-0.4, -0.2) is 53.5 Å². The van der Waals surface area contributed by atoms with Gasteiger partial charge in [0, 0.05) is 4.75 Å². The average Bonchev–Trinajstić information content (AvgIpc) is 3.23. The lowest BCUT2D eigenvalue weighted by Crippen LogP contribution is -2.68. The lowest BCUT2D eigenvalue weighted by molar-refractivity contribution is -0.152. The maximum absolute atomic E-state index is 13.0. The number of benzene rings is 1. The molecule has 2 aliphatic heterocycles. The van der Waals surface area contributed by atoms with E-state index in [9.17, 15) is 14.0 Å². The number of nitrogens with zero attached hydrogens (tertiary/aromatic N) is 4. The molecule has 4 atom stereocenters. The van der Waals surface area contributed by atoms with Crippen LogP contribution in [0.25, 0.3) is 0 Å². The third-order valence-corrected chi connectivity index (χ3v) is 6.44. The molecular weight excluding hydrogens is 373 g/mol. The lowest BCUT2D eigenvalue weighted by Gasteiger charge is -2.44. The van der Waals surface area contributed by atoms with E-state index in [4.69, 9.17) is 5.73 Å². The van der Waals surface area contributed by atoms with Gasteiger partial charge in [0.1, 0.15) is 29.3 Å². The summed E-state index contributed by atoms with van der Waals surface area (Å²) in [5.41, 5.74) is 6.43. The van der Waals surface area contributed by atoms with Crippen LogP contribution in [0.15, 0.2) is 24.3 Å². The van der Waals surface area contributed by atoms with Crippen LogP contribution < -0.4 is 11.1 Å². The molecule has 2 saturated heterocycles. The van der Waals surface area contributed by atoms with Crippen molar-refractivity contribution in [2.24, 2.45) is 5.73 Å². The Labute approximate surface area is 158 Å². The Bertz CT molecular complexity index is 873. The van der Waals surface area contributed by atoms with E-state index in [1.807, 2.05) is 13.8 Å². The molecule has 0 aliphatic carbocycles. The number of hydrogen-bond donors (Lipinski definition) is 3. The molecular formula is C16H18FN7O2S. The predicted octanol–water partition coefficient (Wildman–Crippen LogP) is 0.258. The summed E-state index contributed by atoms with van der Waals surface area (Å²) in [4.78, 5) is 26.9. The molecule has 4 rings (SSSR count). The quantitative estimate of drug-likeness (QED) is 0.637. The van der Waals surface area contributed by atoms with Crippen LogP contribution >= 0.6 is 11.8 Å². The van der Waals surface area contributed by atoms with E-state index in [0.717, 1.165) is 0 Å². The standard InChI is InChI=1S/C16H18FN7O2S/c1-16(2)11(12-20-22-23-21-12)24-14(26)10(15(24)27-16)19-13(25)9(18)7-3-5-8(17)6-4-7/h3-6,9-11,15H,18H2,1-2H3,(H,19,25)(H,20,21,22,23)/t9?,10?,11?,15-/m0/s1. The molecule has 1 aromatic heterocycles. The number of aromatic nitrogens is 4. The number of nitrogens with two attached hydrogens (primary N) is 1. The van der Waals surface area contributed by atoms with Crippen molar-refractivity contribution in [1.29, 1.82) is 0 Å². The van der Waals surface area contributed by atoms with E-state index in [1.54, 1.807) is 16.7 Å². The Morgan fingerprint density at radius 3 is 2.74 bits per heavy atom. The zero-order valence-corrected chi connectivity index (χ0v) is 15.4. The number of nitrogens with one attached hydrogen (secondary N) is 2. The molecule has 2 fully saturated rings. The number of fused-ring (bicyclic) bond motifs is 1. The van der Waals surface area contributed by atoms with Crippen LogP contribution in [0.2, 0.25) is 0 Å². The fourth-order valence-electron chi connectivity index (χ4n) is 3.54. The molecule has 9 nitrogen and oxygen atoms in total. The highest BCUT2D eigenvalue weighted by atomic mass is 32.2. The molecule has 27 heavy (non-hydrogen) atoms. The largest absolute Gasteiger partial charge is 0.340 e. The number of thioether (sulfide) groups is 1. The summed E-state index contributed by atoms with van der Waals surface area (Å²) >= 11 is 1.57. The average molecular weight is 391 g/mol. The van der Waals surface area contributed by atoms with Crippen LogP contribution in [0.3, 0.4) is 0 Å². The topological polar surface area (TPSA) is 130 Å². The van der Waals surface area contributed by atoms with Gasteiger partial charge < -0.3 is 16.0 Å². The van der Waals surface area contributed by atoms with Crippen LogP contribution in [0.5, 0.6) is 0 Å². The van der Waals surface area contributed by atoms with Gasteiger partial charge in [-0.1, -0.05) is 12.1 Å². The van der Waals surface area contributed by atoms with Crippen molar-refractivity contribution >= 4 is 23.6 Å². The minimum absolute atomic E-state index is 0.209. The van der Waals surface area contributed by atoms with Gasteiger partial charge in [0.25, 0.3) is 0 Å². The zero-order valence-electron chi connectivity index (χ0n) is 14.6. The van der Waals surface area contributed by atoms with E-state index in [1.165, 1.54) is 24.3 Å².